The largest absolute Gasteiger partial charge is 0.358 e. The zero-order valence-corrected chi connectivity index (χ0v) is 13.0. The Morgan fingerprint density at radius 1 is 1.21 bits per heavy atom. The number of hydrogen-bond donors (Lipinski definition) is 2. The molecule has 0 radical (unpaired) electrons. The van der Waals surface area contributed by atoms with Crippen molar-refractivity contribution in [2.24, 2.45) is 5.92 Å². The van der Waals surface area contributed by atoms with Crippen LogP contribution in [0.4, 0.5) is 0 Å². The van der Waals surface area contributed by atoms with Gasteiger partial charge in [-0.05, 0) is 38.5 Å². The number of likely N-dealkylation sites (tertiary alicyclic amines) is 1. The van der Waals surface area contributed by atoms with Crippen LogP contribution in [-0.4, -0.2) is 49.6 Å². The molecule has 0 saturated carbocycles. The van der Waals surface area contributed by atoms with E-state index in [1.165, 1.54) is 12.8 Å². The third kappa shape index (κ3) is 6.92. The quantitative estimate of drug-likeness (QED) is 0.738. The van der Waals surface area contributed by atoms with Gasteiger partial charge in [-0.1, -0.05) is 13.8 Å². The van der Waals surface area contributed by atoms with Gasteiger partial charge in [0.1, 0.15) is 0 Å². The molecule has 4 nitrogen and oxygen atoms in total. The molecule has 1 amide bonds. The fourth-order valence-electron chi connectivity index (χ4n) is 2.61. The molecule has 1 rings (SSSR count). The van der Waals surface area contributed by atoms with Crippen molar-refractivity contribution in [1.82, 2.24) is 15.5 Å². The number of rotatable bonds is 7. The molecule has 0 aromatic rings. The van der Waals surface area contributed by atoms with Crippen LogP contribution in [0.25, 0.3) is 0 Å². The van der Waals surface area contributed by atoms with E-state index in [4.69, 9.17) is 0 Å². The highest BCUT2D eigenvalue weighted by Gasteiger charge is 2.21. The fraction of sp³-hybridized carbons (Fsp3) is 0.933. The van der Waals surface area contributed by atoms with Crippen molar-refractivity contribution in [2.45, 2.75) is 58.5 Å². The minimum atomic E-state index is 0.122. The van der Waals surface area contributed by atoms with E-state index < -0.39 is 0 Å². The van der Waals surface area contributed by atoms with Crippen molar-refractivity contribution in [2.75, 3.05) is 26.7 Å². The summed E-state index contributed by atoms with van der Waals surface area (Å²) in [6.45, 7) is 9.46. The van der Waals surface area contributed by atoms with Crippen molar-refractivity contribution in [1.29, 1.82) is 0 Å². The number of carbonyl (C=O) groups is 1. The Morgan fingerprint density at radius 2 is 1.84 bits per heavy atom. The van der Waals surface area contributed by atoms with E-state index in [1.54, 1.807) is 7.05 Å². The van der Waals surface area contributed by atoms with E-state index in [9.17, 15) is 4.79 Å². The molecular formula is C15H31N3O. The zero-order valence-electron chi connectivity index (χ0n) is 13.0. The maximum Gasteiger partial charge on any atom is 0.233 e. The third-order valence-electron chi connectivity index (χ3n) is 3.93. The summed E-state index contributed by atoms with van der Waals surface area (Å²) >= 11 is 0. The lowest BCUT2D eigenvalue weighted by Crippen LogP contribution is -2.47. The van der Waals surface area contributed by atoms with Crippen LogP contribution in [0.5, 0.6) is 0 Å². The molecule has 1 saturated heterocycles. The second-order valence-electron chi connectivity index (χ2n) is 6.26. The third-order valence-corrected chi connectivity index (χ3v) is 3.93. The minimum Gasteiger partial charge on any atom is -0.358 e. The molecule has 0 aliphatic carbocycles. The molecule has 19 heavy (non-hydrogen) atoms. The molecule has 112 valence electrons. The molecule has 0 spiro atoms. The van der Waals surface area contributed by atoms with Crippen molar-refractivity contribution in [3.8, 4) is 0 Å². The number of piperidine rings is 1. The second-order valence-corrected chi connectivity index (χ2v) is 6.26. The van der Waals surface area contributed by atoms with Gasteiger partial charge >= 0.3 is 0 Å². The van der Waals surface area contributed by atoms with Gasteiger partial charge in [0.05, 0.1) is 6.54 Å². The Hall–Kier alpha value is -0.610. The number of amides is 1. The second kappa shape index (κ2) is 8.54. The molecule has 1 unspecified atom stereocenters. The average molecular weight is 269 g/mol. The van der Waals surface area contributed by atoms with Gasteiger partial charge in [0.15, 0.2) is 0 Å². The van der Waals surface area contributed by atoms with Gasteiger partial charge in [-0.15, -0.1) is 0 Å². The highest BCUT2D eigenvalue weighted by atomic mass is 16.1. The Labute approximate surface area is 118 Å². The molecule has 1 aliphatic rings. The van der Waals surface area contributed by atoms with Crippen molar-refractivity contribution < 1.29 is 4.79 Å². The molecule has 1 atom stereocenters. The highest BCUT2D eigenvalue weighted by Crippen LogP contribution is 2.13. The lowest BCUT2D eigenvalue weighted by molar-refractivity contribution is -0.122. The molecule has 2 N–H and O–H groups in total. The van der Waals surface area contributed by atoms with Gasteiger partial charge in [-0.25, -0.2) is 0 Å². The van der Waals surface area contributed by atoms with Crippen molar-refractivity contribution in [3.63, 3.8) is 0 Å². The number of nitrogens with one attached hydrogen (secondary N) is 2. The average Bonchev–Trinajstić information content (AvgIpc) is 2.38. The van der Waals surface area contributed by atoms with E-state index in [0.29, 0.717) is 18.6 Å². The first-order valence-corrected chi connectivity index (χ1v) is 7.70. The summed E-state index contributed by atoms with van der Waals surface area (Å²) < 4.78 is 0. The molecule has 1 fully saturated rings. The molecule has 1 aliphatic heterocycles. The van der Waals surface area contributed by atoms with E-state index in [2.05, 4.69) is 36.3 Å². The molecule has 0 bridgehead atoms. The summed E-state index contributed by atoms with van der Waals surface area (Å²) in [5.74, 6) is 0.912. The van der Waals surface area contributed by atoms with Crippen LogP contribution in [0.3, 0.4) is 0 Å². The van der Waals surface area contributed by atoms with Crippen LogP contribution in [0.1, 0.15) is 46.5 Å². The summed E-state index contributed by atoms with van der Waals surface area (Å²) in [4.78, 5) is 13.6. The van der Waals surface area contributed by atoms with Gasteiger partial charge in [-0.3, -0.25) is 9.69 Å². The van der Waals surface area contributed by atoms with Gasteiger partial charge < -0.3 is 10.6 Å². The molecule has 1 heterocycles. The summed E-state index contributed by atoms with van der Waals surface area (Å²) in [6.07, 6.45) is 4.87. The normalized spacial score (nSPS) is 19.6. The smallest absolute Gasteiger partial charge is 0.233 e. The Kier molecular flexibility index (Phi) is 7.39. The molecule has 4 heteroatoms. The molecular weight excluding hydrogens is 238 g/mol. The summed E-state index contributed by atoms with van der Waals surface area (Å²) in [6, 6.07) is 1.24. The minimum absolute atomic E-state index is 0.122. The summed E-state index contributed by atoms with van der Waals surface area (Å²) in [7, 11) is 1.70. The number of likely N-dealkylation sites (N-methyl/N-ethyl adjacent to an activating group) is 1. The summed E-state index contributed by atoms with van der Waals surface area (Å²) in [5.41, 5.74) is 0. The van der Waals surface area contributed by atoms with Gasteiger partial charge in [0.25, 0.3) is 0 Å². The first-order chi connectivity index (χ1) is 9.01. The maximum absolute atomic E-state index is 11.3. The van der Waals surface area contributed by atoms with Crippen LogP contribution in [0.15, 0.2) is 0 Å². The Morgan fingerprint density at radius 3 is 2.37 bits per heavy atom. The summed E-state index contributed by atoms with van der Waals surface area (Å²) in [5, 5.41) is 6.42. The zero-order chi connectivity index (χ0) is 14.3. The number of carbonyl (C=O) groups excluding carboxylic acids is 1. The Bertz CT molecular complexity index is 260. The lowest BCUT2D eigenvalue weighted by Gasteiger charge is -2.33. The van der Waals surface area contributed by atoms with Crippen molar-refractivity contribution >= 4 is 5.91 Å². The van der Waals surface area contributed by atoms with Crippen LogP contribution >= 0.6 is 0 Å². The van der Waals surface area contributed by atoms with E-state index in [-0.39, 0.29) is 5.91 Å². The SMILES string of the molecule is CNC(=O)CN1CCC(NC(C)CCC(C)C)CC1. The number of nitrogens with zero attached hydrogens (tertiary/aromatic N) is 1. The lowest BCUT2D eigenvalue weighted by atomic mass is 10.0. The van der Waals surface area contributed by atoms with Crippen LogP contribution in [-0.2, 0) is 4.79 Å². The van der Waals surface area contributed by atoms with Crippen LogP contribution in [0, 0.1) is 5.92 Å². The Balaban J connectivity index is 2.17. The molecule has 0 aromatic heterocycles. The monoisotopic (exact) mass is 269 g/mol. The fourth-order valence-corrected chi connectivity index (χ4v) is 2.61. The first kappa shape index (κ1) is 16.4. The predicted octanol–water partition coefficient (Wildman–Crippen LogP) is 1.61. The topological polar surface area (TPSA) is 44.4 Å². The van der Waals surface area contributed by atoms with Crippen molar-refractivity contribution in [3.05, 3.63) is 0 Å². The van der Waals surface area contributed by atoms with E-state index in [1.807, 2.05) is 0 Å². The molecule has 0 aromatic carbocycles. The highest BCUT2D eigenvalue weighted by molar-refractivity contribution is 5.77. The standard InChI is InChI=1S/C15H31N3O/c1-12(2)5-6-13(3)17-14-7-9-18(10-8-14)11-15(19)16-4/h12-14,17H,5-11H2,1-4H3,(H,16,19). The van der Waals surface area contributed by atoms with Gasteiger partial charge in [0.2, 0.25) is 5.91 Å². The maximum atomic E-state index is 11.3. The van der Waals surface area contributed by atoms with Crippen LogP contribution in [0.2, 0.25) is 0 Å². The van der Waals surface area contributed by atoms with E-state index >= 15 is 0 Å². The van der Waals surface area contributed by atoms with Crippen LogP contribution < -0.4 is 10.6 Å². The van der Waals surface area contributed by atoms with E-state index in [0.717, 1.165) is 31.8 Å². The van der Waals surface area contributed by atoms with Gasteiger partial charge in [0, 0.05) is 32.2 Å². The first-order valence-electron chi connectivity index (χ1n) is 7.70. The predicted molar refractivity (Wildman–Crippen MR) is 80.2 cm³/mol. The van der Waals surface area contributed by atoms with Gasteiger partial charge in [-0.2, -0.15) is 0 Å². The number of hydrogen-bond acceptors (Lipinski definition) is 3.